The van der Waals surface area contributed by atoms with Gasteiger partial charge in [-0.1, -0.05) is 69.5 Å². The van der Waals surface area contributed by atoms with Gasteiger partial charge >= 0.3 is 0 Å². The number of hydrogen-bond donors (Lipinski definition) is 1. The molecule has 1 N–H and O–H groups in total. The first kappa shape index (κ1) is 27.3. The van der Waals surface area contributed by atoms with E-state index in [1.54, 1.807) is 54.6 Å². The molecule has 0 radical (unpaired) electrons. The average Bonchev–Trinajstić information content (AvgIpc) is 2.92. The molecule has 4 rings (SSSR count). The molecule has 1 amide bonds. The highest BCUT2D eigenvalue weighted by Crippen LogP contribution is 2.28. The number of ether oxygens (including phenoxy) is 2. The third kappa shape index (κ3) is 7.87. The van der Waals surface area contributed by atoms with Crippen LogP contribution in [-0.2, 0) is 18.0 Å². The molecule has 0 bridgehead atoms. The van der Waals surface area contributed by atoms with Crippen molar-refractivity contribution in [2.45, 2.75) is 13.2 Å². The van der Waals surface area contributed by atoms with Crippen molar-refractivity contribution < 1.29 is 14.3 Å². The van der Waals surface area contributed by atoms with Gasteiger partial charge in [0.15, 0.2) is 0 Å². The largest absolute Gasteiger partial charge is 0.489 e. The smallest absolute Gasteiger partial charge is 0.266 e. The van der Waals surface area contributed by atoms with E-state index in [1.807, 2.05) is 42.5 Å². The maximum Gasteiger partial charge on any atom is 0.266 e. The lowest BCUT2D eigenvalue weighted by Gasteiger charge is -2.10. The van der Waals surface area contributed by atoms with Crippen LogP contribution in [0.5, 0.6) is 11.5 Å². The summed E-state index contributed by atoms with van der Waals surface area (Å²) >= 11 is 15.7. The van der Waals surface area contributed by atoms with Gasteiger partial charge in [0.05, 0.1) is 5.02 Å². The number of carbonyl (C=O) groups is 1. The first-order valence-electron chi connectivity index (χ1n) is 11.5. The van der Waals surface area contributed by atoms with Crippen LogP contribution in [0, 0.1) is 11.3 Å². The van der Waals surface area contributed by atoms with Crippen LogP contribution >= 0.6 is 39.1 Å². The minimum Gasteiger partial charge on any atom is -0.489 e. The maximum atomic E-state index is 12.7. The zero-order valence-corrected chi connectivity index (χ0v) is 23.1. The summed E-state index contributed by atoms with van der Waals surface area (Å²) in [6, 6.07) is 29.1. The van der Waals surface area contributed by atoms with E-state index < -0.39 is 5.91 Å². The molecule has 0 unspecified atom stereocenters. The van der Waals surface area contributed by atoms with Crippen molar-refractivity contribution in [3.8, 4) is 17.6 Å². The highest BCUT2D eigenvalue weighted by molar-refractivity contribution is 9.10. The Kier molecular flexibility index (Phi) is 9.45. The Hall–Kier alpha value is -3.76. The van der Waals surface area contributed by atoms with E-state index in [1.165, 1.54) is 6.08 Å². The van der Waals surface area contributed by atoms with Crippen molar-refractivity contribution in [3.63, 3.8) is 0 Å². The van der Waals surface area contributed by atoms with E-state index in [0.29, 0.717) is 46.0 Å². The molecule has 190 valence electrons. The highest BCUT2D eigenvalue weighted by atomic mass is 79.9. The Morgan fingerprint density at radius 1 is 0.868 bits per heavy atom. The maximum absolute atomic E-state index is 12.7. The Morgan fingerprint density at radius 3 is 2.13 bits per heavy atom. The Bertz CT molecular complexity index is 1480. The molecule has 0 fully saturated rings. The summed E-state index contributed by atoms with van der Waals surface area (Å²) in [4.78, 5) is 12.7. The molecule has 38 heavy (non-hydrogen) atoms. The standard InChI is InChI=1S/C30H21BrCl2N2O3/c31-24-6-1-20(2-7-24)19-38-29-14-5-22(16-28(29)33)15-23(17-34)30(36)35-26-10-12-27(13-11-26)37-18-21-3-8-25(32)9-4-21/h1-16H,18-19H2,(H,35,36)/b23-15+. The molecule has 8 heteroatoms. The Labute approximate surface area is 239 Å². The van der Waals surface area contributed by atoms with Crippen LogP contribution < -0.4 is 14.8 Å². The van der Waals surface area contributed by atoms with Gasteiger partial charge in [0.1, 0.15) is 36.4 Å². The summed E-state index contributed by atoms with van der Waals surface area (Å²) in [7, 11) is 0. The SMILES string of the molecule is N#C/C(=C\c1ccc(OCc2ccc(Br)cc2)c(Cl)c1)C(=O)Nc1ccc(OCc2ccc(Cl)cc2)cc1. The quantitative estimate of drug-likeness (QED) is 0.153. The van der Waals surface area contributed by atoms with Gasteiger partial charge in [0.2, 0.25) is 0 Å². The summed E-state index contributed by atoms with van der Waals surface area (Å²) in [5.41, 5.74) is 3.05. The second-order valence-corrected chi connectivity index (χ2v) is 9.93. The molecule has 0 saturated carbocycles. The van der Waals surface area contributed by atoms with Crippen LogP contribution in [0.2, 0.25) is 10.0 Å². The molecule has 0 aliphatic heterocycles. The van der Waals surface area contributed by atoms with E-state index in [9.17, 15) is 10.1 Å². The summed E-state index contributed by atoms with van der Waals surface area (Å²) in [6.45, 7) is 0.750. The number of carbonyl (C=O) groups excluding carboxylic acids is 1. The minimum absolute atomic E-state index is 0.0623. The number of nitrogens with one attached hydrogen (secondary N) is 1. The molecule has 4 aromatic carbocycles. The first-order valence-corrected chi connectivity index (χ1v) is 13.0. The van der Waals surface area contributed by atoms with Crippen LogP contribution in [0.3, 0.4) is 0 Å². The number of benzene rings is 4. The van der Waals surface area contributed by atoms with Crippen molar-refractivity contribution >= 4 is 56.8 Å². The minimum atomic E-state index is -0.533. The third-order valence-corrected chi connectivity index (χ3v) is 6.45. The van der Waals surface area contributed by atoms with Crippen molar-refractivity contribution in [3.05, 3.63) is 128 Å². The summed E-state index contributed by atoms with van der Waals surface area (Å²) in [5, 5.41) is 13.3. The predicted molar refractivity (Wildman–Crippen MR) is 154 cm³/mol. The van der Waals surface area contributed by atoms with Gasteiger partial charge in [0, 0.05) is 15.2 Å². The molecule has 0 saturated heterocycles. The second-order valence-electron chi connectivity index (χ2n) is 8.17. The van der Waals surface area contributed by atoms with E-state index in [0.717, 1.165) is 15.6 Å². The van der Waals surface area contributed by atoms with Crippen LogP contribution in [-0.4, -0.2) is 5.91 Å². The van der Waals surface area contributed by atoms with Gasteiger partial charge in [-0.25, -0.2) is 0 Å². The van der Waals surface area contributed by atoms with Gasteiger partial charge in [-0.05, 0) is 83.4 Å². The van der Waals surface area contributed by atoms with E-state index in [2.05, 4.69) is 21.2 Å². The normalized spacial score (nSPS) is 10.9. The van der Waals surface area contributed by atoms with Crippen molar-refractivity contribution in [1.29, 1.82) is 5.26 Å². The molecule has 0 spiro atoms. The fraction of sp³-hybridized carbons (Fsp3) is 0.0667. The van der Waals surface area contributed by atoms with Crippen molar-refractivity contribution in [1.82, 2.24) is 0 Å². The van der Waals surface area contributed by atoms with Gasteiger partial charge in [-0.15, -0.1) is 0 Å². The topological polar surface area (TPSA) is 71.3 Å². The molecule has 0 aromatic heterocycles. The fourth-order valence-corrected chi connectivity index (χ4v) is 3.99. The summed E-state index contributed by atoms with van der Waals surface area (Å²) < 4.78 is 12.6. The zero-order chi connectivity index (χ0) is 26.9. The first-order chi connectivity index (χ1) is 18.4. The van der Waals surface area contributed by atoms with Crippen LogP contribution in [0.15, 0.2) is 101 Å². The Morgan fingerprint density at radius 2 is 1.50 bits per heavy atom. The average molecular weight is 608 g/mol. The molecule has 0 aliphatic rings. The number of rotatable bonds is 9. The zero-order valence-electron chi connectivity index (χ0n) is 20.0. The lowest BCUT2D eigenvalue weighted by atomic mass is 10.1. The molecule has 0 heterocycles. The fourth-order valence-electron chi connectivity index (χ4n) is 3.36. The summed E-state index contributed by atoms with van der Waals surface area (Å²) in [5.74, 6) is 0.619. The van der Waals surface area contributed by atoms with Crippen LogP contribution in [0.1, 0.15) is 16.7 Å². The number of hydrogen-bond acceptors (Lipinski definition) is 4. The molecule has 0 aliphatic carbocycles. The number of nitrogens with zero attached hydrogens (tertiary/aromatic N) is 1. The molecule has 0 atom stereocenters. The summed E-state index contributed by atoms with van der Waals surface area (Å²) in [6.07, 6.45) is 1.48. The number of anilines is 1. The van der Waals surface area contributed by atoms with Gasteiger partial charge in [0.25, 0.3) is 5.91 Å². The lowest BCUT2D eigenvalue weighted by Crippen LogP contribution is -2.13. The second kappa shape index (κ2) is 13.2. The molecular weight excluding hydrogens is 587 g/mol. The number of amides is 1. The van der Waals surface area contributed by atoms with E-state index in [4.69, 9.17) is 32.7 Å². The van der Waals surface area contributed by atoms with Crippen molar-refractivity contribution in [2.75, 3.05) is 5.32 Å². The van der Waals surface area contributed by atoms with E-state index in [-0.39, 0.29) is 5.57 Å². The van der Waals surface area contributed by atoms with Gasteiger partial charge < -0.3 is 14.8 Å². The molecule has 4 aromatic rings. The van der Waals surface area contributed by atoms with Crippen LogP contribution in [0.4, 0.5) is 5.69 Å². The Balaban J connectivity index is 1.34. The van der Waals surface area contributed by atoms with Crippen molar-refractivity contribution in [2.24, 2.45) is 0 Å². The van der Waals surface area contributed by atoms with Gasteiger partial charge in [-0.2, -0.15) is 5.26 Å². The van der Waals surface area contributed by atoms with E-state index >= 15 is 0 Å². The highest BCUT2D eigenvalue weighted by Gasteiger charge is 2.11. The lowest BCUT2D eigenvalue weighted by molar-refractivity contribution is -0.112. The molecule has 5 nitrogen and oxygen atoms in total. The van der Waals surface area contributed by atoms with Crippen LogP contribution in [0.25, 0.3) is 6.08 Å². The molecular formula is C30H21BrCl2N2O3. The van der Waals surface area contributed by atoms with Gasteiger partial charge in [-0.3, -0.25) is 4.79 Å². The predicted octanol–water partition coefficient (Wildman–Crippen LogP) is 8.46. The monoisotopic (exact) mass is 606 g/mol. The number of nitriles is 1. The third-order valence-electron chi connectivity index (χ3n) is 5.37. The number of halogens is 3.